The van der Waals surface area contributed by atoms with Gasteiger partial charge in [-0.05, 0) is 75.0 Å². The summed E-state index contributed by atoms with van der Waals surface area (Å²) in [5.74, 6) is 1.39. The molecule has 1 aromatic carbocycles. The molecule has 3 aromatic heterocycles. The number of rotatable bonds is 8. The van der Waals surface area contributed by atoms with E-state index in [1.807, 2.05) is 30.6 Å². The van der Waals surface area contributed by atoms with E-state index in [9.17, 15) is 5.11 Å². The van der Waals surface area contributed by atoms with Gasteiger partial charge in [-0.25, -0.2) is 9.97 Å². The Bertz CT molecular complexity index is 1380. The predicted octanol–water partition coefficient (Wildman–Crippen LogP) is 4.34. The van der Waals surface area contributed by atoms with Crippen molar-refractivity contribution in [3.63, 3.8) is 0 Å². The number of hydrogen-bond acceptors (Lipinski definition) is 7. The highest BCUT2D eigenvalue weighted by atomic mass is 16.5. The predicted molar refractivity (Wildman–Crippen MR) is 150 cm³/mol. The van der Waals surface area contributed by atoms with Gasteiger partial charge in [0.25, 0.3) is 0 Å². The molecule has 6 rings (SSSR count). The number of aromatic nitrogens is 5. The van der Waals surface area contributed by atoms with Crippen LogP contribution in [0.15, 0.2) is 67.3 Å². The molecular weight excluding hydrogens is 488 g/mol. The van der Waals surface area contributed by atoms with Crippen LogP contribution in [-0.4, -0.2) is 72.7 Å². The number of likely N-dealkylation sites (tertiary alicyclic amines) is 1. The maximum Gasteiger partial charge on any atom is 0.133 e. The molecule has 39 heavy (non-hydrogen) atoms. The molecule has 2 aliphatic rings. The van der Waals surface area contributed by atoms with E-state index in [2.05, 4.69) is 39.1 Å². The number of ether oxygens (including phenoxy) is 1. The SMILES string of the molecule is CC(C)(O)Cn1cc(-c2ccnc(Cc3ccc(C4CCN(C5COC5)CC4)cc3)n2)c(-c2cccnc2)n1. The lowest BCUT2D eigenvalue weighted by Gasteiger charge is -2.41. The topological polar surface area (TPSA) is 89.2 Å². The van der Waals surface area contributed by atoms with E-state index < -0.39 is 5.60 Å². The molecule has 2 aliphatic heterocycles. The summed E-state index contributed by atoms with van der Waals surface area (Å²) >= 11 is 0. The Kier molecular flexibility index (Phi) is 7.25. The molecule has 8 heteroatoms. The minimum absolute atomic E-state index is 0.374. The molecule has 0 unspecified atom stereocenters. The molecule has 0 radical (unpaired) electrons. The molecule has 0 aliphatic carbocycles. The summed E-state index contributed by atoms with van der Waals surface area (Å²) < 4.78 is 7.15. The minimum atomic E-state index is -0.888. The third-order valence-corrected chi connectivity index (χ3v) is 7.71. The Labute approximate surface area is 229 Å². The third kappa shape index (κ3) is 6.08. The fraction of sp³-hybridized carbons (Fsp3) is 0.419. The summed E-state index contributed by atoms with van der Waals surface area (Å²) in [6.07, 6.45) is 10.4. The molecule has 0 spiro atoms. The van der Waals surface area contributed by atoms with Crippen LogP contribution < -0.4 is 0 Å². The van der Waals surface area contributed by atoms with E-state index in [1.165, 1.54) is 24.0 Å². The maximum atomic E-state index is 10.4. The second kappa shape index (κ2) is 11.0. The largest absolute Gasteiger partial charge is 0.389 e. The Morgan fingerprint density at radius 3 is 2.49 bits per heavy atom. The second-order valence-electron chi connectivity index (χ2n) is 11.4. The molecule has 0 atom stereocenters. The third-order valence-electron chi connectivity index (χ3n) is 7.71. The summed E-state index contributed by atoms with van der Waals surface area (Å²) in [4.78, 5) is 16.4. The standard InChI is InChI=1S/C31H36N6O2/c1-31(2,38)21-37-18-27(30(35-37)25-4-3-12-32-17-25)28-9-13-33-29(34-28)16-22-5-7-23(8-6-22)24-10-14-36(15-11-24)26-19-39-20-26/h3-9,12-13,17-18,24,26,38H,10-11,14-16,19-21H2,1-2H3. The number of piperidine rings is 1. The first-order valence-corrected chi connectivity index (χ1v) is 13.8. The zero-order valence-electron chi connectivity index (χ0n) is 22.7. The summed E-state index contributed by atoms with van der Waals surface area (Å²) in [5, 5.41) is 15.1. The van der Waals surface area contributed by atoms with Gasteiger partial charge in [0.2, 0.25) is 0 Å². The maximum absolute atomic E-state index is 10.4. The summed E-state index contributed by atoms with van der Waals surface area (Å²) in [6.45, 7) is 8.05. The van der Waals surface area contributed by atoms with E-state index in [0.717, 1.165) is 54.6 Å². The van der Waals surface area contributed by atoms with Crippen molar-refractivity contribution in [1.29, 1.82) is 0 Å². The van der Waals surface area contributed by atoms with E-state index in [0.29, 0.717) is 24.9 Å². The van der Waals surface area contributed by atoms with Crippen molar-refractivity contribution in [2.45, 2.75) is 57.2 Å². The van der Waals surface area contributed by atoms with Crippen molar-refractivity contribution < 1.29 is 9.84 Å². The van der Waals surface area contributed by atoms with Gasteiger partial charge in [-0.2, -0.15) is 5.10 Å². The van der Waals surface area contributed by atoms with Crippen molar-refractivity contribution >= 4 is 0 Å². The quantitative estimate of drug-likeness (QED) is 0.367. The number of nitrogens with zero attached hydrogens (tertiary/aromatic N) is 6. The van der Waals surface area contributed by atoms with Gasteiger partial charge in [0, 0.05) is 42.3 Å². The fourth-order valence-electron chi connectivity index (χ4n) is 5.56. The lowest BCUT2D eigenvalue weighted by molar-refractivity contribution is -0.0712. The van der Waals surface area contributed by atoms with Crippen LogP contribution in [0.1, 0.15) is 49.6 Å². The molecule has 5 heterocycles. The normalized spacial score (nSPS) is 17.3. The number of benzene rings is 1. The number of aliphatic hydroxyl groups is 1. The van der Waals surface area contributed by atoms with E-state index >= 15 is 0 Å². The van der Waals surface area contributed by atoms with Crippen molar-refractivity contribution in [3.8, 4) is 22.5 Å². The van der Waals surface area contributed by atoms with Gasteiger partial charge in [0.05, 0.1) is 37.1 Å². The first-order chi connectivity index (χ1) is 18.9. The van der Waals surface area contributed by atoms with Gasteiger partial charge >= 0.3 is 0 Å². The first kappa shape index (κ1) is 25.8. The van der Waals surface area contributed by atoms with Crippen LogP contribution in [0.4, 0.5) is 0 Å². The van der Waals surface area contributed by atoms with Gasteiger partial charge < -0.3 is 9.84 Å². The molecule has 2 fully saturated rings. The number of hydrogen-bond donors (Lipinski definition) is 1. The van der Waals surface area contributed by atoms with Crippen molar-refractivity contribution in [2.75, 3.05) is 26.3 Å². The van der Waals surface area contributed by atoms with Crippen LogP contribution in [0.2, 0.25) is 0 Å². The van der Waals surface area contributed by atoms with Crippen molar-refractivity contribution in [3.05, 3.63) is 84.2 Å². The van der Waals surface area contributed by atoms with Crippen LogP contribution in [-0.2, 0) is 17.7 Å². The Morgan fingerprint density at radius 2 is 1.82 bits per heavy atom. The average molecular weight is 525 g/mol. The highest BCUT2D eigenvalue weighted by molar-refractivity contribution is 5.78. The second-order valence-corrected chi connectivity index (χ2v) is 11.4. The average Bonchev–Trinajstić information content (AvgIpc) is 3.32. The van der Waals surface area contributed by atoms with Crippen LogP contribution in [0.3, 0.4) is 0 Å². The van der Waals surface area contributed by atoms with Crippen LogP contribution in [0, 0.1) is 0 Å². The Balaban J connectivity index is 1.18. The lowest BCUT2D eigenvalue weighted by atomic mass is 9.88. The van der Waals surface area contributed by atoms with E-state index in [4.69, 9.17) is 14.8 Å². The van der Waals surface area contributed by atoms with Crippen LogP contribution in [0.5, 0.6) is 0 Å². The molecule has 0 amide bonds. The molecule has 0 saturated carbocycles. The van der Waals surface area contributed by atoms with E-state index in [-0.39, 0.29) is 0 Å². The fourth-order valence-corrected chi connectivity index (χ4v) is 5.56. The van der Waals surface area contributed by atoms with Gasteiger partial charge in [0.15, 0.2) is 0 Å². The smallest absolute Gasteiger partial charge is 0.133 e. The molecule has 0 bridgehead atoms. The monoisotopic (exact) mass is 524 g/mol. The zero-order chi connectivity index (χ0) is 26.8. The molecule has 4 aromatic rings. The summed E-state index contributed by atoms with van der Waals surface area (Å²) in [5.41, 5.74) is 5.14. The minimum Gasteiger partial charge on any atom is -0.389 e. The number of pyridine rings is 1. The Morgan fingerprint density at radius 1 is 1.03 bits per heavy atom. The van der Waals surface area contributed by atoms with E-state index in [1.54, 1.807) is 30.9 Å². The summed E-state index contributed by atoms with van der Waals surface area (Å²) in [6, 6.07) is 15.5. The molecule has 202 valence electrons. The molecular formula is C31H36N6O2. The van der Waals surface area contributed by atoms with Crippen molar-refractivity contribution in [1.82, 2.24) is 29.6 Å². The molecule has 2 saturated heterocycles. The van der Waals surface area contributed by atoms with Gasteiger partial charge in [0.1, 0.15) is 11.5 Å². The van der Waals surface area contributed by atoms with Gasteiger partial charge in [-0.1, -0.05) is 24.3 Å². The van der Waals surface area contributed by atoms with Crippen LogP contribution >= 0.6 is 0 Å². The van der Waals surface area contributed by atoms with Crippen LogP contribution in [0.25, 0.3) is 22.5 Å². The summed E-state index contributed by atoms with van der Waals surface area (Å²) in [7, 11) is 0. The highest BCUT2D eigenvalue weighted by Crippen LogP contribution is 2.32. The molecule has 1 N–H and O–H groups in total. The Hall–Kier alpha value is -3.46. The van der Waals surface area contributed by atoms with Gasteiger partial charge in [-0.3, -0.25) is 14.6 Å². The lowest BCUT2D eigenvalue weighted by Crippen LogP contribution is -2.51. The first-order valence-electron chi connectivity index (χ1n) is 13.8. The highest BCUT2D eigenvalue weighted by Gasteiger charge is 2.30. The zero-order valence-corrected chi connectivity index (χ0v) is 22.7. The van der Waals surface area contributed by atoms with Gasteiger partial charge in [-0.15, -0.1) is 0 Å². The molecule has 8 nitrogen and oxygen atoms in total. The van der Waals surface area contributed by atoms with Crippen molar-refractivity contribution in [2.24, 2.45) is 0 Å².